The smallest absolute Gasteiger partial charge is 0.253 e. The Balaban J connectivity index is 1.61. The molecule has 5 nitrogen and oxygen atoms in total. The van der Waals surface area contributed by atoms with Crippen molar-refractivity contribution in [2.75, 3.05) is 26.2 Å². The zero-order valence-electron chi connectivity index (χ0n) is 14.1. The lowest BCUT2D eigenvalue weighted by Crippen LogP contribution is -2.53. The Morgan fingerprint density at radius 2 is 1.54 bits per heavy atom. The third-order valence-electron chi connectivity index (χ3n) is 5.23. The van der Waals surface area contributed by atoms with Gasteiger partial charge in [-0.3, -0.25) is 9.59 Å². The normalized spacial score (nSPS) is 19.8. The second-order valence-electron chi connectivity index (χ2n) is 6.85. The summed E-state index contributed by atoms with van der Waals surface area (Å²) in [5, 5.41) is 9.47. The molecule has 2 amide bonds. The number of hydrogen-bond acceptors (Lipinski definition) is 3. The molecular weight excluding hydrogens is 302 g/mol. The first-order chi connectivity index (χ1) is 11.6. The molecular formula is C19H23N3O2. The predicted octanol–water partition coefficient (Wildman–Crippen LogP) is 2.36. The van der Waals surface area contributed by atoms with Gasteiger partial charge in [-0.15, -0.1) is 0 Å². The van der Waals surface area contributed by atoms with E-state index in [1.165, 1.54) is 0 Å². The van der Waals surface area contributed by atoms with Crippen molar-refractivity contribution in [1.82, 2.24) is 9.80 Å². The highest BCUT2D eigenvalue weighted by molar-refractivity contribution is 5.94. The number of nitrogens with zero attached hydrogens (tertiary/aromatic N) is 3. The molecule has 0 unspecified atom stereocenters. The number of nitriles is 1. The Morgan fingerprint density at radius 1 is 1.00 bits per heavy atom. The predicted molar refractivity (Wildman–Crippen MR) is 90.2 cm³/mol. The Hall–Kier alpha value is -2.35. The van der Waals surface area contributed by atoms with Gasteiger partial charge in [0.15, 0.2) is 0 Å². The van der Waals surface area contributed by atoms with E-state index < -0.39 is 5.41 Å². The third-order valence-corrected chi connectivity index (χ3v) is 5.23. The summed E-state index contributed by atoms with van der Waals surface area (Å²) in [5.74, 6) is -0.0251. The molecule has 126 valence electrons. The van der Waals surface area contributed by atoms with Crippen molar-refractivity contribution < 1.29 is 9.59 Å². The fourth-order valence-corrected chi connectivity index (χ4v) is 3.65. The van der Waals surface area contributed by atoms with Crippen molar-refractivity contribution >= 4 is 11.8 Å². The molecule has 1 aromatic rings. The monoisotopic (exact) mass is 325 g/mol. The van der Waals surface area contributed by atoms with Gasteiger partial charge in [0, 0.05) is 31.7 Å². The number of carbonyl (C=O) groups excluding carboxylic acids is 2. The van der Waals surface area contributed by atoms with Crippen LogP contribution in [0.1, 0.15) is 41.6 Å². The first-order valence-corrected chi connectivity index (χ1v) is 8.62. The van der Waals surface area contributed by atoms with Crippen LogP contribution >= 0.6 is 0 Å². The molecule has 0 radical (unpaired) electrons. The summed E-state index contributed by atoms with van der Waals surface area (Å²) in [7, 11) is 0. The van der Waals surface area contributed by atoms with E-state index in [2.05, 4.69) is 6.07 Å². The summed E-state index contributed by atoms with van der Waals surface area (Å²) < 4.78 is 0. The summed E-state index contributed by atoms with van der Waals surface area (Å²) in [6.07, 6.45) is 3.24. The van der Waals surface area contributed by atoms with Crippen molar-refractivity contribution in [3.63, 3.8) is 0 Å². The average Bonchev–Trinajstić information content (AvgIpc) is 3.11. The van der Waals surface area contributed by atoms with Crippen LogP contribution in [0.5, 0.6) is 0 Å². The highest BCUT2D eigenvalue weighted by Crippen LogP contribution is 2.39. The average molecular weight is 325 g/mol. The minimum Gasteiger partial charge on any atom is -0.338 e. The number of benzene rings is 1. The first kappa shape index (κ1) is 16.5. The molecule has 1 aromatic carbocycles. The summed E-state index contributed by atoms with van der Waals surface area (Å²) >= 11 is 0. The van der Waals surface area contributed by atoms with Crippen LogP contribution < -0.4 is 0 Å². The molecule has 1 saturated heterocycles. The van der Waals surface area contributed by atoms with E-state index >= 15 is 0 Å². The van der Waals surface area contributed by atoms with Gasteiger partial charge in [0.2, 0.25) is 5.91 Å². The summed E-state index contributed by atoms with van der Waals surface area (Å²) in [6.45, 7) is 4.08. The number of rotatable bonds is 2. The van der Waals surface area contributed by atoms with Gasteiger partial charge in [0.1, 0.15) is 5.41 Å². The van der Waals surface area contributed by atoms with Crippen LogP contribution in [0, 0.1) is 23.7 Å². The van der Waals surface area contributed by atoms with Gasteiger partial charge in [0.25, 0.3) is 5.91 Å². The molecule has 0 N–H and O–H groups in total. The van der Waals surface area contributed by atoms with Crippen molar-refractivity contribution in [3.05, 3.63) is 35.4 Å². The molecule has 0 atom stereocenters. The van der Waals surface area contributed by atoms with Crippen LogP contribution in [-0.4, -0.2) is 47.8 Å². The minimum atomic E-state index is -0.816. The fraction of sp³-hybridized carbons (Fsp3) is 0.526. The van der Waals surface area contributed by atoms with Gasteiger partial charge in [-0.25, -0.2) is 0 Å². The molecule has 2 fully saturated rings. The second-order valence-corrected chi connectivity index (χ2v) is 6.85. The highest BCUT2D eigenvalue weighted by atomic mass is 16.2. The van der Waals surface area contributed by atoms with E-state index in [1.807, 2.05) is 31.2 Å². The number of carbonyl (C=O) groups is 2. The Morgan fingerprint density at radius 3 is 2.08 bits per heavy atom. The molecule has 1 aliphatic carbocycles. The number of piperazine rings is 1. The van der Waals surface area contributed by atoms with E-state index in [0.717, 1.165) is 18.4 Å². The van der Waals surface area contributed by atoms with Gasteiger partial charge < -0.3 is 9.80 Å². The molecule has 0 spiro atoms. The molecule has 0 bridgehead atoms. The maximum Gasteiger partial charge on any atom is 0.253 e. The van der Waals surface area contributed by atoms with E-state index in [0.29, 0.717) is 44.6 Å². The highest BCUT2D eigenvalue weighted by Gasteiger charge is 2.44. The van der Waals surface area contributed by atoms with Crippen LogP contribution in [-0.2, 0) is 4.79 Å². The molecule has 5 heteroatoms. The van der Waals surface area contributed by atoms with Crippen LogP contribution in [0.2, 0.25) is 0 Å². The van der Waals surface area contributed by atoms with E-state index in [4.69, 9.17) is 0 Å². The molecule has 1 saturated carbocycles. The van der Waals surface area contributed by atoms with Crippen LogP contribution in [0.25, 0.3) is 0 Å². The van der Waals surface area contributed by atoms with E-state index in [9.17, 15) is 14.9 Å². The Bertz CT molecular complexity index is 661. The fourth-order valence-electron chi connectivity index (χ4n) is 3.65. The lowest BCUT2D eigenvalue weighted by atomic mass is 9.86. The van der Waals surface area contributed by atoms with E-state index in [-0.39, 0.29) is 11.8 Å². The second kappa shape index (κ2) is 6.64. The summed E-state index contributed by atoms with van der Waals surface area (Å²) in [5.41, 5.74) is 0.994. The molecule has 1 heterocycles. The zero-order chi connectivity index (χ0) is 17.2. The first-order valence-electron chi connectivity index (χ1n) is 8.62. The molecule has 1 aliphatic heterocycles. The molecule has 2 aliphatic rings. The van der Waals surface area contributed by atoms with Gasteiger partial charge in [-0.05, 0) is 31.9 Å². The van der Waals surface area contributed by atoms with E-state index in [1.54, 1.807) is 9.80 Å². The minimum absolute atomic E-state index is 0.0120. The standard InChI is InChI=1S/C19H23N3O2/c1-15-4-6-16(7-5-15)17(23)21-10-12-22(13-11-21)18(24)19(14-20)8-2-3-9-19/h4-7H,2-3,8-13H2,1H3. The Kier molecular flexibility index (Phi) is 4.57. The molecule has 3 rings (SSSR count). The number of hydrogen-bond donors (Lipinski definition) is 0. The van der Waals surface area contributed by atoms with Crippen LogP contribution in [0.3, 0.4) is 0 Å². The summed E-state index contributed by atoms with van der Waals surface area (Å²) in [4.78, 5) is 28.8. The maximum absolute atomic E-state index is 12.7. The van der Waals surface area contributed by atoms with Crippen molar-refractivity contribution in [1.29, 1.82) is 5.26 Å². The lowest BCUT2D eigenvalue weighted by molar-refractivity contribution is -0.140. The third kappa shape index (κ3) is 3.01. The summed E-state index contributed by atoms with van der Waals surface area (Å²) in [6, 6.07) is 9.83. The topological polar surface area (TPSA) is 64.4 Å². The Labute approximate surface area is 142 Å². The van der Waals surface area contributed by atoms with Crippen LogP contribution in [0.15, 0.2) is 24.3 Å². The van der Waals surface area contributed by atoms with Crippen molar-refractivity contribution in [3.8, 4) is 6.07 Å². The maximum atomic E-state index is 12.7. The number of aryl methyl sites for hydroxylation is 1. The van der Waals surface area contributed by atoms with Gasteiger partial charge in [-0.2, -0.15) is 5.26 Å². The van der Waals surface area contributed by atoms with Gasteiger partial charge in [-0.1, -0.05) is 30.5 Å². The largest absolute Gasteiger partial charge is 0.338 e. The van der Waals surface area contributed by atoms with Crippen molar-refractivity contribution in [2.45, 2.75) is 32.6 Å². The molecule has 0 aromatic heterocycles. The zero-order valence-corrected chi connectivity index (χ0v) is 14.1. The van der Waals surface area contributed by atoms with Gasteiger partial charge in [0.05, 0.1) is 6.07 Å². The van der Waals surface area contributed by atoms with Crippen LogP contribution in [0.4, 0.5) is 0 Å². The number of amides is 2. The molecule has 24 heavy (non-hydrogen) atoms. The van der Waals surface area contributed by atoms with Crippen molar-refractivity contribution in [2.24, 2.45) is 5.41 Å². The quantitative estimate of drug-likeness (QED) is 0.838. The SMILES string of the molecule is Cc1ccc(C(=O)N2CCN(C(=O)C3(C#N)CCCC3)CC2)cc1. The lowest BCUT2D eigenvalue weighted by Gasteiger charge is -2.37. The van der Waals surface area contributed by atoms with Gasteiger partial charge >= 0.3 is 0 Å².